The van der Waals surface area contributed by atoms with Crippen molar-refractivity contribution in [3.05, 3.63) is 37.2 Å². The van der Waals surface area contributed by atoms with Gasteiger partial charge >= 0.3 is 0 Å². The van der Waals surface area contributed by atoms with Crippen molar-refractivity contribution in [1.29, 1.82) is 0 Å². The van der Waals surface area contributed by atoms with E-state index < -0.39 is 10.1 Å². The quantitative estimate of drug-likeness (QED) is 0.553. The van der Waals surface area contributed by atoms with Crippen LogP contribution in [-0.2, 0) is 16.7 Å². The Balaban J connectivity index is 1.99. The molecule has 0 radical (unpaired) electrons. The molecule has 0 amide bonds. The highest BCUT2D eigenvalue weighted by molar-refractivity contribution is 7.85. The third-order valence-electron chi connectivity index (χ3n) is 2.45. The zero-order valence-corrected chi connectivity index (χ0v) is 10.8. The van der Waals surface area contributed by atoms with Crippen molar-refractivity contribution in [1.82, 2.24) is 15.0 Å². The monoisotopic (exact) mass is 280 g/mol. The minimum atomic E-state index is -4.14. The first kappa shape index (κ1) is 13.5. The molecule has 0 aromatic carbocycles. The molecule has 0 aliphatic heterocycles. The van der Waals surface area contributed by atoms with Gasteiger partial charge in [0, 0.05) is 29.9 Å². The Morgan fingerprint density at radius 2 is 1.79 bits per heavy atom. The Bertz CT molecular complexity index is 629. The third-order valence-corrected chi connectivity index (χ3v) is 3.24. The SMILES string of the molecule is O=S(=O)([O-])CCC[n+]1ccc(-c2ncncn2)cc1. The number of aryl methyl sites for hydroxylation is 1. The number of nitrogens with zero attached hydrogens (tertiary/aromatic N) is 4. The molecule has 8 heteroatoms. The van der Waals surface area contributed by atoms with Crippen molar-refractivity contribution in [2.75, 3.05) is 5.75 Å². The summed E-state index contributed by atoms with van der Waals surface area (Å²) in [7, 11) is -4.14. The second kappa shape index (κ2) is 5.81. The van der Waals surface area contributed by atoms with Crippen LogP contribution < -0.4 is 4.57 Å². The molecule has 0 spiro atoms. The minimum Gasteiger partial charge on any atom is -0.748 e. The predicted octanol–water partition coefficient (Wildman–Crippen LogP) is -0.239. The van der Waals surface area contributed by atoms with E-state index in [2.05, 4.69) is 15.0 Å². The second-order valence-electron chi connectivity index (χ2n) is 3.90. The molecule has 0 fully saturated rings. The van der Waals surface area contributed by atoms with Crippen molar-refractivity contribution in [3.8, 4) is 11.4 Å². The van der Waals surface area contributed by atoms with E-state index in [4.69, 9.17) is 0 Å². The van der Waals surface area contributed by atoms with Crippen LogP contribution in [0, 0.1) is 0 Å². The maximum absolute atomic E-state index is 10.5. The molecule has 0 aliphatic rings. The van der Waals surface area contributed by atoms with Gasteiger partial charge in [-0.05, 0) is 0 Å². The fraction of sp³-hybridized carbons (Fsp3) is 0.273. The van der Waals surface area contributed by atoms with Crippen molar-refractivity contribution >= 4 is 10.1 Å². The molecule has 0 unspecified atom stereocenters. The summed E-state index contributed by atoms with van der Waals surface area (Å²) in [5, 5.41) is 0. The summed E-state index contributed by atoms with van der Waals surface area (Å²) >= 11 is 0. The van der Waals surface area contributed by atoms with Gasteiger partial charge in [-0.25, -0.2) is 27.9 Å². The molecule has 19 heavy (non-hydrogen) atoms. The summed E-state index contributed by atoms with van der Waals surface area (Å²) in [6.07, 6.45) is 6.71. The highest BCUT2D eigenvalue weighted by atomic mass is 32.2. The van der Waals surface area contributed by atoms with E-state index in [1.807, 2.05) is 12.1 Å². The molecule has 0 aliphatic carbocycles. The molecule has 0 N–H and O–H groups in total. The zero-order valence-electron chi connectivity index (χ0n) is 10.0. The molecule has 2 heterocycles. The minimum absolute atomic E-state index is 0.293. The summed E-state index contributed by atoms with van der Waals surface area (Å²) in [6.45, 7) is 0.471. The van der Waals surface area contributed by atoms with E-state index in [9.17, 15) is 13.0 Å². The van der Waals surface area contributed by atoms with E-state index >= 15 is 0 Å². The van der Waals surface area contributed by atoms with Gasteiger partial charge < -0.3 is 4.55 Å². The van der Waals surface area contributed by atoms with Gasteiger partial charge in [-0.3, -0.25) is 0 Å². The van der Waals surface area contributed by atoms with Crippen molar-refractivity contribution in [2.45, 2.75) is 13.0 Å². The first-order valence-electron chi connectivity index (χ1n) is 5.60. The Morgan fingerprint density at radius 1 is 1.16 bits per heavy atom. The Hall–Kier alpha value is -1.93. The van der Waals surface area contributed by atoms with E-state index in [1.54, 1.807) is 17.0 Å². The van der Waals surface area contributed by atoms with Gasteiger partial charge in [-0.15, -0.1) is 0 Å². The fourth-order valence-corrected chi connectivity index (χ4v) is 2.05. The van der Waals surface area contributed by atoms with Crippen LogP contribution in [0.3, 0.4) is 0 Å². The molecule has 0 saturated heterocycles. The van der Waals surface area contributed by atoms with Crippen LogP contribution in [0.2, 0.25) is 0 Å². The van der Waals surface area contributed by atoms with E-state index in [-0.39, 0.29) is 5.75 Å². The summed E-state index contributed by atoms with van der Waals surface area (Å²) in [5.41, 5.74) is 0.843. The largest absolute Gasteiger partial charge is 0.748 e. The zero-order chi connectivity index (χ0) is 13.7. The van der Waals surface area contributed by atoms with Gasteiger partial charge in [0.15, 0.2) is 18.2 Å². The van der Waals surface area contributed by atoms with Crippen LogP contribution in [0.5, 0.6) is 0 Å². The normalized spacial score (nSPS) is 11.4. The number of aromatic nitrogens is 4. The van der Waals surface area contributed by atoms with Crippen LogP contribution in [0.25, 0.3) is 11.4 Å². The summed E-state index contributed by atoms with van der Waals surface area (Å²) in [6, 6.07) is 3.64. The van der Waals surface area contributed by atoms with Crippen LogP contribution in [0.4, 0.5) is 0 Å². The highest BCUT2D eigenvalue weighted by Crippen LogP contribution is 2.09. The molecule has 0 saturated carbocycles. The predicted molar refractivity (Wildman–Crippen MR) is 64.6 cm³/mol. The number of pyridine rings is 1. The van der Waals surface area contributed by atoms with Crippen LogP contribution in [-0.4, -0.2) is 33.7 Å². The standard InChI is InChI=1S/C11H12N4O3S/c16-19(17,18)7-1-4-15-5-2-10(3-6-15)11-13-8-12-9-14-11/h2-3,5-6,8-9H,1,4,7H2. The molecule has 2 aromatic heterocycles. The molecule has 0 bridgehead atoms. The van der Waals surface area contributed by atoms with Crippen LogP contribution >= 0.6 is 0 Å². The average molecular weight is 280 g/mol. The molecule has 7 nitrogen and oxygen atoms in total. The number of hydrogen-bond acceptors (Lipinski definition) is 6. The smallest absolute Gasteiger partial charge is 0.169 e. The molecule has 2 rings (SSSR count). The van der Waals surface area contributed by atoms with Crippen LogP contribution in [0.1, 0.15) is 6.42 Å². The summed E-state index contributed by atoms with van der Waals surface area (Å²) in [5.74, 6) is 0.221. The fourth-order valence-electron chi connectivity index (χ4n) is 1.57. The number of hydrogen-bond donors (Lipinski definition) is 0. The van der Waals surface area contributed by atoms with E-state index in [0.717, 1.165) is 5.56 Å². The maximum Gasteiger partial charge on any atom is 0.169 e. The van der Waals surface area contributed by atoms with Crippen molar-refractivity contribution in [3.63, 3.8) is 0 Å². The average Bonchev–Trinajstić information content (AvgIpc) is 2.39. The Labute approximate surface area is 110 Å². The summed E-state index contributed by atoms with van der Waals surface area (Å²) in [4.78, 5) is 11.8. The van der Waals surface area contributed by atoms with Gasteiger partial charge in [-0.1, -0.05) is 0 Å². The topological polar surface area (TPSA) is 99.8 Å². The van der Waals surface area contributed by atoms with Gasteiger partial charge in [0.05, 0.1) is 10.1 Å². The Kier molecular flexibility index (Phi) is 4.13. The molecule has 100 valence electrons. The van der Waals surface area contributed by atoms with Gasteiger partial charge in [0.2, 0.25) is 0 Å². The van der Waals surface area contributed by atoms with Crippen LogP contribution in [0.15, 0.2) is 37.2 Å². The lowest BCUT2D eigenvalue weighted by molar-refractivity contribution is -0.696. The lowest BCUT2D eigenvalue weighted by Gasteiger charge is -2.04. The van der Waals surface area contributed by atoms with E-state index in [1.165, 1.54) is 12.7 Å². The molecule has 0 atom stereocenters. The second-order valence-corrected chi connectivity index (χ2v) is 5.43. The first-order valence-corrected chi connectivity index (χ1v) is 7.17. The molecule has 2 aromatic rings. The van der Waals surface area contributed by atoms with Gasteiger partial charge in [-0.2, -0.15) is 0 Å². The first-order chi connectivity index (χ1) is 9.04. The van der Waals surface area contributed by atoms with Gasteiger partial charge in [0.25, 0.3) is 0 Å². The maximum atomic E-state index is 10.5. The Morgan fingerprint density at radius 3 is 2.37 bits per heavy atom. The molecular weight excluding hydrogens is 268 g/mol. The van der Waals surface area contributed by atoms with Crippen molar-refractivity contribution < 1.29 is 17.5 Å². The van der Waals surface area contributed by atoms with E-state index in [0.29, 0.717) is 18.8 Å². The highest BCUT2D eigenvalue weighted by Gasteiger charge is 2.05. The summed E-state index contributed by atoms with van der Waals surface area (Å²) < 4.78 is 33.2. The molecular formula is C11H12N4O3S. The van der Waals surface area contributed by atoms with Gasteiger partial charge in [0.1, 0.15) is 19.2 Å². The lowest BCUT2D eigenvalue weighted by atomic mass is 10.2. The number of rotatable bonds is 5. The third kappa shape index (κ3) is 4.34. The lowest BCUT2D eigenvalue weighted by Crippen LogP contribution is -2.33. The van der Waals surface area contributed by atoms with Crippen molar-refractivity contribution in [2.24, 2.45) is 0 Å².